The van der Waals surface area contributed by atoms with Crippen LogP contribution in [-0.2, 0) is 4.79 Å². The van der Waals surface area contributed by atoms with E-state index in [-0.39, 0.29) is 10.6 Å². The molecule has 2 N–H and O–H groups in total. The molecule has 1 aliphatic rings. The SMILES string of the molecule is COc1cc(C(=O)NC2(C(=O)O)CCC2)cc(Cl)c1OCCC(C)C. The number of carbonyl (C=O) groups is 2. The molecule has 25 heavy (non-hydrogen) atoms. The molecule has 1 aliphatic carbocycles. The monoisotopic (exact) mass is 369 g/mol. The lowest BCUT2D eigenvalue weighted by molar-refractivity contribution is -0.148. The van der Waals surface area contributed by atoms with Crippen LogP contribution >= 0.6 is 11.6 Å². The zero-order valence-corrected chi connectivity index (χ0v) is 15.5. The maximum Gasteiger partial charge on any atom is 0.329 e. The topological polar surface area (TPSA) is 84.9 Å². The minimum atomic E-state index is -1.18. The molecule has 0 radical (unpaired) electrons. The number of ether oxygens (including phenoxy) is 2. The van der Waals surface area contributed by atoms with Crippen molar-refractivity contribution in [3.63, 3.8) is 0 Å². The highest BCUT2D eigenvalue weighted by Gasteiger charge is 2.45. The Morgan fingerprint density at radius 2 is 2.04 bits per heavy atom. The molecule has 7 heteroatoms. The molecule has 1 amide bonds. The fourth-order valence-corrected chi connectivity index (χ4v) is 2.87. The van der Waals surface area contributed by atoms with E-state index in [1.165, 1.54) is 19.2 Å². The van der Waals surface area contributed by atoms with E-state index in [9.17, 15) is 14.7 Å². The molecule has 0 atom stereocenters. The van der Waals surface area contributed by atoms with Gasteiger partial charge in [0.25, 0.3) is 5.91 Å². The lowest BCUT2D eigenvalue weighted by Crippen LogP contribution is -2.59. The maximum absolute atomic E-state index is 12.5. The normalized spacial score (nSPS) is 15.4. The molecule has 2 rings (SSSR count). The van der Waals surface area contributed by atoms with E-state index in [0.29, 0.717) is 36.9 Å². The molecule has 0 unspecified atom stereocenters. The van der Waals surface area contributed by atoms with Gasteiger partial charge in [-0.05, 0) is 43.7 Å². The number of rotatable bonds is 8. The highest BCUT2D eigenvalue weighted by Crippen LogP contribution is 2.37. The minimum absolute atomic E-state index is 0.241. The van der Waals surface area contributed by atoms with Gasteiger partial charge in [0.2, 0.25) is 0 Å². The fourth-order valence-electron chi connectivity index (χ4n) is 2.60. The van der Waals surface area contributed by atoms with Crippen molar-refractivity contribution in [2.45, 2.75) is 45.1 Å². The Balaban J connectivity index is 2.17. The van der Waals surface area contributed by atoms with Crippen LogP contribution in [0.5, 0.6) is 11.5 Å². The van der Waals surface area contributed by atoms with Crippen LogP contribution in [0, 0.1) is 5.92 Å². The second-order valence-corrected chi connectivity index (χ2v) is 7.12. The van der Waals surface area contributed by atoms with Gasteiger partial charge >= 0.3 is 5.97 Å². The van der Waals surface area contributed by atoms with E-state index in [2.05, 4.69) is 19.2 Å². The Labute approximate surface area is 152 Å². The molecule has 0 heterocycles. The van der Waals surface area contributed by atoms with Gasteiger partial charge in [0.05, 0.1) is 18.7 Å². The summed E-state index contributed by atoms with van der Waals surface area (Å²) in [6, 6.07) is 2.98. The highest BCUT2D eigenvalue weighted by atomic mass is 35.5. The number of hydrogen-bond acceptors (Lipinski definition) is 4. The summed E-state index contributed by atoms with van der Waals surface area (Å²) in [4.78, 5) is 23.9. The van der Waals surface area contributed by atoms with E-state index in [1.807, 2.05) is 0 Å². The van der Waals surface area contributed by atoms with Crippen molar-refractivity contribution < 1.29 is 24.2 Å². The number of carboxylic acid groups (broad SMARTS) is 1. The Kier molecular flexibility index (Phi) is 6.16. The smallest absolute Gasteiger partial charge is 0.329 e. The Bertz CT molecular complexity index is 655. The summed E-state index contributed by atoms with van der Waals surface area (Å²) in [5.74, 6) is -0.281. The molecule has 1 aromatic rings. The van der Waals surface area contributed by atoms with Crippen LogP contribution in [0.1, 0.15) is 49.9 Å². The predicted octanol–water partition coefficient (Wildman–Crippen LogP) is 3.51. The first kappa shape index (κ1) is 19.4. The van der Waals surface area contributed by atoms with E-state index in [4.69, 9.17) is 21.1 Å². The summed E-state index contributed by atoms with van der Waals surface area (Å²) >= 11 is 6.25. The largest absolute Gasteiger partial charge is 0.493 e. The first-order valence-corrected chi connectivity index (χ1v) is 8.73. The molecule has 1 fully saturated rings. The van der Waals surface area contributed by atoms with Gasteiger partial charge in [-0.2, -0.15) is 0 Å². The van der Waals surface area contributed by atoms with Gasteiger partial charge in [-0.3, -0.25) is 4.79 Å². The molecule has 138 valence electrons. The van der Waals surface area contributed by atoms with Crippen LogP contribution in [0.4, 0.5) is 0 Å². The summed E-state index contributed by atoms with van der Waals surface area (Å²) in [6.45, 7) is 4.67. The highest BCUT2D eigenvalue weighted by molar-refractivity contribution is 6.32. The molecular weight excluding hydrogens is 346 g/mol. The van der Waals surface area contributed by atoms with Gasteiger partial charge in [0.15, 0.2) is 11.5 Å². The lowest BCUT2D eigenvalue weighted by Gasteiger charge is -2.38. The van der Waals surface area contributed by atoms with Crippen LogP contribution in [0.3, 0.4) is 0 Å². The van der Waals surface area contributed by atoms with Crippen LogP contribution in [0.15, 0.2) is 12.1 Å². The Morgan fingerprint density at radius 3 is 2.52 bits per heavy atom. The van der Waals surface area contributed by atoms with Crippen molar-refractivity contribution in [1.82, 2.24) is 5.32 Å². The second-order valence-electron chi connectivity index (χ2n) is 6.72. The molecule has 6 nitrogen and oxygen atoms in total. The van der Waals surface area contributed by atoms with Crippen molar-refractivity contribution in [2.75, 3.05) is 13.7 Å². The molecule has 0 aliphatic heterocycles. The quantitative estimate of drug-likeness (QED) is 0.732. The van der Waals surface area contributed by atoms with E-state index < -0.39 is 17.4 Å². The fraction of sp³-hybridized carbons (Fsp3) is 0.556. The second kappa shape index (κ2) is 7.95. The van der Waals surface area contributed by atoms with Crippen LogP contribution in [-0.4, -0.2) is 36.2 Å². The van der Waals surface area contributed by atoms with E-state index >= 15 is 0 Å². The van der Waals surface area contributed by atoms with Gasteiger partial charge in [0, 0.05) is 5.56 Å². The number of nitrogens with one attached hydrogen (secondary N) is 1. The molecule has 1 saturated carbocycles. The Hall–Kier alpha value is -1.95. The summed E-state index contributed by atoms with van der Waals surface area (Å²) in [5.41, 5.74) is -0.936. The van der Waals surface area contributed by atoms with Crippen LogP contribution in [0.25, 0.3) is 0 Å². The van der Waals surface area contributed by atoms with Crippen molar-refractivity contribution in [3.8, 4) is 11.5 Å². The van der Waals surface area contributed by atoms with Crippen molar-refractivity contribution >= 4 is 23.5 Å². The molecular formula is C18H24ClNO5. The third-order valence-corrected chi connectivity index (χ3v) is 4.68. The van der Waals surface area contributed by atoms with Gasteiger partial charge < -0.3 is 19.9 Å². The average molecular weight is 370 g/mol. The summed E-state index contributed by atoms with van der Waals surface area (Å²) in [7, 11) is 1.47. The molecule has 0 saturated heterocycles. The first-order valence-electron chi connectivity index (χ1n) is 8.35. The molecule has 0 spiro atoms. The third-order valence-electron chi connectivity index (χ3n) is 4.40. The van der Waals surface area contributed by atoms with Gasteiger partial charge in [-0.15, -0.1) is 0 Å². The van der Waals surface area contributed by atoms with Crippen molar-refractivity contribution in [2.24, 2.45) is 5.92 Å². The number of carbonyl (C=O) groups excluding carboxylic acids is 1. The average Bonchev–Trinajstić information content (AvgIpc) is 2.50. The number of halogens is 1. The lowest BCUT2D eigenvalue weighted by atomic mass is 9.76. The van der Waals surface area contributed by atoms with E-state index in [1.54, 1.807) is 0 Å². The molecule has 0 bridgehead atoms. The predicted molar refractivity (Wildman–Crippen MR) is 94.6 cm³/mol. The van der Waals surface area contributed by atoms with Crippen LogP contribution < -0.4 is 14.8 Å². The number of benzene rings is 1. The minimum Gasteiger partial charge on any atom is -0.493 e. The number of hydrogen-bond donors (Lipinski definition) is 2. The van der Waals surface area contributed by atoms with Gasteiger partial charge in [-0.1, -0.05) is 25.4 Å². The number of methoxy groups -OCH3 is 1. The van der Waals surface area contributed by atoms with Crippen LogP contribution in [0.2, 0.25) is 5.02 Å². The number of carboxylic acids is 1. The summed E-state index contributed by atoms with van der Waals surface area (Å²) < 4.78 is 11.0. The van der Waals surface area contributed by atoms with Gasteiger partial charge in [0.1, 0.15) is 5.54 Å². The van der Waals surface area contributed by atoms with E-state index in [0.717, 1.165) is 12.8 Å². The number of amides is 1. The zero-order valence-electron chi connectivity index (χ0n) is 14.7. The standard InChI is InChI=1S/C18H24ClNO5/c1-11(2)5-8-25-15-13(19)9-12(10-14(15)24-3)16(21)20-18(17(22)23)6-4-7-18/h9-11H,4-8H2,1-3H3,(H,20,21)(H,22,23). The van der Waals surface area contributed by atoms with Crippen molar-refractivity contribution in [1.29, 1.82) is 0 Å². The summed E-state index contributed by atoms with van der Waals surface area (Å²) in [5, 5.41) is 12.2. The van der Waals surface area contributed by atoms with Gasteiger partial charge in [-0.25, -0.2) is 4.79 Å². The zero-order chi connectivity index (χ0) is 18.6. The van der Waals surface area contributed by atoms with Crippen molar-refractivity contribution in [3.05, 3.63) is 22.7 Å². The Morgan fingerprint density at radius 1 is 1.36 bits per heavy atom. The first-order chi connectivity index (χ1) is 11.8. The maximum atomic E-state index is 12.5. The number of aliphatic carboxylic acids is 1. The summed E-state index contributed by atoms with van der Waals surface area (Å²) in [6.07, 6.45) is 2.49. The molecule has 1 aromatic carbocycles. The third kappa shape index (κ3) is 4.37. The molecule has 0 aromatic heterocycles.